The Kier molecular flexibility index (Phi) is 2.17. The van der Waals surface area contributed by atoms with Gasteiger partial charge in [0.05, 0.1) is 0 Å². The molecule has 0 radical (unpaired) electrons. The lowest BCUT2D eigenvalue weighted by molar-refractivity contribution is 0.342. The highest BCUT2D eigenvalue weighted by Crippen LogP contribution is 1.85. The van der Waals surface area contributed by atoms with E-state index in [-0.39, 0.29) is 0 Å². The van der Waals surface area contributed by atoms with Crippen molar-refractivity contribution in [1.82, 2.24) is 5.43 Å². The fourth-order valence-electron chi connectivity index (χ4n) is 0.102. The van der Waals surface area contributed by atoms with Crippen molar-refractivity contribution in [2.24, 2.45) is 17.3 Å². The lowest BCUT2D eigenvalue weighted by Crippen LogP contribution is -2.63. The van der Waals surface area contributed by atoms with Gasteiger partial charge in [-0.1, -0.05) is 6.92 Å². The van der Waals surface area contributed by atoms with Crippen LogP contribution in [0.1, 0.15) is 13.3 Å². The van der Waals surface area contributed by atoms with E-state index in [9.17, 15) is 0 Å². The number of rotatable bonds is 2. The summed E-state index contributed by atoms with van der Waals surface area (Å²) in [5, 5.41) is 0. The van der Waals surface area contributed by atoms with Crippen molar-refractivity contribution in [1.29, 1.82) is 0 Å². The van der Waals surface area contributed by atoms with Gasteiger partial charge in [-0.05, 0) is 6.42 Å². The molecule has 0 heterocycles. The molecule has 0 spiro atoms. The van der Waals surface area contributed by atoms with Crippen molar-refractivity contribution in [2.45, 2.75) is 19.1 Å². The first kappa shape index (κ1) is 6.84. The van der Waals surface area contributed by atoms with E-state index in [1.165, 1.54) is 0 Å². The largest absolute Gasteiger partial charge is 0.300 e. The fraction of sp³-hybridized carbons (Fsp3) is 1.00. The second kappa shape index (κ2) is 2.23. The predicted octanol–water partition coefficient (Wildman–Crippen LogP) is -1.57. The summed E-state index contributed by atoms with van der Waals surface area (Å²) < 4.78 is 0. The third-order valence-electron chi connectivity index (χ3n) is 0.854. The van der Waals surface area contributed by atoms with Crippen molar-refractivity contribution in [3.8, 4) is 0 Å². The summed E-state index contributed by atoms with van der Waals surface area (Å²) in [4.78, 5) is 0. The molecule has 0 bridgehead atoms. The molecule has 0 fully saturated rings. The molecule has 0 aromatic carbocycles. The molecule has 0 aliphatic rings. The highest BCUT2D eigenvalue weighted by molar-refractivity contribution is 4.65. The minimum atomic E-state index is -0.889. The number of hydrogen-bond acceptors (Lipinski definition) is 4. The monoisotopic (exact) mass is 104 g/mol. The summed E-state index contributed by atoms with van der Waals surface area (Å²) in [7, 11) is 0. The third kappa shape index (κ3) is 2.52. The molecule has 7 N–H and O–H groups in total. The average Bonchev–Trinajstić information content (AvgIpc) is 1.68. The summed E-state index contributed by atoms with van der Waals surface area (Å²) in [6.45, 7) is 1.85. The summed E-state index contributed by atoms with van der Waals surface area (Å²) >= 11 is 0. The van der Waals surface area contributed by atoms with Crippen molar-refractivity contribution >= 4 is 0 Å². The molecule has 0 rings (SSSR count). The maximum absolute atomic E-state index is 5.26. The quantitative estimate of drug-likeness (QED) is 0.193. The average molecular weight is 104 g/mol. The summed E-state index contributed by atoms with van der Waals surface area (Å²) in [6.07, 6.45) is 0.615. The first-order valence-electron chi connectivity index (χ1n) is 2.18. The van der Waals surface area contributed by atoms with Crippen LogP contribution < -0.4 is 22.7 Å². The van der Waals surface area contributed by atoms with E-state index < -0.39 is 5.79 Å². The van der Waals surface area contributed by atoms with Crippen molar-refractivity contribution in [3.05, 3.63) is 0 Å². The first-order valence-corrected chi connectivity index (χ1v) is 2.18. The van der Waals surface area contributed by atoms with Gasteiger partial charge in [0.25, 0.3) is 0 Å². The molecule has 4 heteroatoms. The van der Waals surface area contributed by atoms with E-state index >= 15 is 0 Å². The van der Waals surface area contributed by atoms with E-state index in [4.69, 9.17) is 17.3 Å². The molecule has 0 saturated carbocycles. The van der Waals surface area contributed by atoms with Crippen LogP contribution in [-0.2, 0) is 0 Å². The maximum Gasteiger partial charge on any atom is 0.130 e. The Hall–Kier alpha value is -0.160. The van der Waals surface area contributed by atoms with E-state index in [0.29, 0.717) is 6.42 Å². The van der Waals surface area contributed by atoms with E-state index in [1.54, 1.807) is 0 Å². The highest BCUT2D eigenvalue weighted by atomic mass is 15.4. The minimum Gasteiger partial charge on any atom is -0.300 e. The molecule has 0 amide bonds. The fourth-order valence-corrected chi connectivity index (χ4v) is 0.102. The second-order valence-corrected chi connectivity index (χ2v) is 1.54. The van der Waals surface area contributed by atoms with Crippen LogP contribution in [0.2, 0.25) is 0 Å². The molecule has 4 nitrogen and oxygen atoms in total. The number of nitrogens with one attached hydrogen (secondary N) is 1. The Labute approximate surface area is 43.0 Å². The van der Waals surface area contributed by atoms with Gasteiger partial charge in [0.1, 0.15) is 5.79 Å². The molecule has 0 atom stereocenters. The Morgan fingerprint density at radius 3 is 2.00 bits per heavy atom. The van der Waals surface area contributed by atoms with Gasteiger partial charge in [0.15, 0.2) is 0 Å². The van der Waals surface area contributed by atoms with Crippen LogP contribution in [0.5, 0.6) is 0 Å². The molecule has 0 aliphatic carbocycles. The third-order valence-corrected chi connectivity index (χ3v) is 0.854. The van der Waals surface area contributed by atoms with Gasteiger partial charge in [0.2, 0.25) is 0 Å². The number of nitrogens with two attached hydrogens (primary N) is 3. The summed E-state index contributed by atoms with van der Waals surface area (Å²) in [6, 6.07) is 0. The van der Waals surface area contributed by atoms with Crippen molar-refractivity contribution in [3.63, 3.8) is 0 Å². The smallest absolute Gasteiger partial charge is 0.130 e. The molecule has 0 aromatic heterocycles. The van der Waals surface area contributed by atoms with Crippen LogP contribution >= 0.6 is 0 Å². The van der Waals surface area contributed by atoms with Crippen molar-refractivity contribution in [2.75, 3.05) is 0 Å². The topological polar surface area (TPSA) is 90.1 Å². The van der Waals surface area contributed by atoms with Gasteiger partial charge in [-0.25, -0.2) is 5.43 Å². The lowest BCUT2D eigenvalue weighted by atomic mass is 10.3. The first-order chi connectivity index (χ1) is 3.12. The molecule has 7 heavy (non-hydrogen) atoms. The Balaban J connectivity index is 3.36. The zero-order valence-corrected chi connectivity index (χ0v) is 4.44. The summed E-state index contributed by atoms with van der Waals surface area (Å²) in [5.74, 6) is 4.03. The molecule has 0 saturated heterocycles. The standard InChI is InChI=1S/C3H12N4/c1-2-3(4,5)7-6/h7H,2,4-6H2,1H3. The van der Waals surface area contributed by atoms with Crippen LogP contribution in [0.3, 0.4) is 0 Å². The van der Waals surface area contributed by atoms with Crippen LogP contribution in [0, 0.1) is 0 Å². The number of hydrazine groups is 1. The zero-order chi connectivity index (χ0) is 5.91. The van der Waals surface area contributed by atoms with Gasteiger partial charge < -0.3 is 11.5 Å². The van der Waals surface area contributed by atoms with Crippen LogP contribution in [0.15, 0.2) is 0 Å². The summed E-state index contributed by atoms with van der Waals surface area (Å²) in [5.41, 5.74) is 12.8. The Bertz CT molecular complexity index is 44.9. The Morgan fingerprint density at radius 1 is 1.57 bits per heavy atom. The molecule has 0 unspecified atom stereocenters. The highest BCUT2D eigenvalue weighted by Gasteiger charge is 2.10. The number of hydrogen-bond donors (Lipinski definition) is 4. The molecular formula is C3H12N4. The van der Waals surface area contributed by atoms with E-state index in [2.05, 4.69) is 5.43 Å². The minimum absolute atomic E-state index is 0.615. The zero-order valence-electron chi connectivity index (χ0n) is 4.44. The van der Waals surface area contributed by atoms with E-state index in [1.807, 2.05) is 6.92 Å². The van der Waals surface area contributed by atoms with Crippen molar-refractivity contribution < 1.29 is 0 Å². The normalized spacial score (nSPS) is 12.0. The lowest BCUT2D eigenvalue weighted by Gasteiger charge is -2.20. The van der Waals surface area contributed by atoms with Crippen LogP contribution in [0.25, 0.3) is 0 Å². The SMILES string of the molecule is CCC(N)(N)NN. The Morgan fingerprint density at radius 2 is 2.00 bits per heavy atom. The van der Waals surface area contributed by atoms with E-state index in [0.717, 1.165) is 0 Å². The van der Waals surface area contributed by atoms with Gasteiger partial charge in [0, 0.05) is 0 Å². The van der Waals surface area contributed by atoms with Gasteiger partial charge in [-0.15, -0.1) is 0 Å². The van der Waals surface area contributed by atoms with Gasteiger partial charge in [-0.2, -0.15) is 0 Å². The molecule has 0 aliphatic heterocycles. The van der Waals surface area contributed by atoms with Gasteiger partial charge >= 0.3 is 0 Å². The van der Waals surface area contributed by atoms with Gasteiger partial charge in [-0.3, -0.25) is 5.84 Å². The van der Waals surface area contributed by atoms with Crippen LogP contribution in [-0.4, -0.2) is 5.79 Å². The predicted molar refractivity (Wildman–Crippen MR) is 28.7 cm³/mol. The maximum atomic E-state index is 5.26. The van der Waals surface area contributed by atoms with Crippen LogP contribution in [0.4, 0.5) is 0 Å². The molecule has 0 aromatic rings. The second-order valence-electron chi connectivity index (χ2n) is 1.54. The molecule has 44 valence electrons. The molecular weight excluding hydrogens is 92.1 g/mol.